The van der Waals surface area contributed by atoms with Gasteiger partial charge in [-0.25, -0.2) is 4.39 Å². The van der Waals surface area contributed by atoms with Gasteiger partial charge in [-0.1, -0.05) is 42.1 Å². The monoisotopic (exact) mass is 386 g/mol. The second-order valence-electron chi connectivity index (χ2n) is 5.83. The number of thioether (sulfide) groups is 1. The maximum Gasteiger partial charge on any atom is 0.234 e. The first-order valence-corrected chi connectivity index (χ1v) is 9.27. The molecule has 0 aliphatic heterocycles. The maximum atomic E-state index is 13.6. The van der Waals surface area contributed by atoms with Crippen LogP contribution in [0.5, 0.6) is 5.75 Å². The van der Waals surface area contributed by atoms with Crippen LogP contribution in [0.3, 0.4) is 0 Å². The molecule has 140 valence electrons. The minimum Gasteiger partial charge on any atom is -0.485 e. The number of hydrogen-bond acceptors (Lipinski definition) is 5. The van der Waals surface area contributed by atoms with Crippen LogP contribution in [0.2, 0.25) is 0 Å². The molecule has 0 atom stereocenters. The number of rotatable bonds is 7. The van der Waals surface area contributed by atoms with Crippen molar-refractivity contribution >= 4 is 23.4 Å². The van der Waals surface area contributed by atoms with E-state index >= 15 is 0 Å². The van der Waals surface area contributed by atoms with Crippen molar-refractivity contribution in [3.05, 3.63) is 65.7 Å². The van der Waals surface area contributed by atoms with Crippen LogP contribution in [0.25, 0.3) is 0 Å². The lowest BCUT2D eigenvalue weighted by atomic mass is 10.2. The summed E-state index contributed by atoms with van der Waals surface area (Å²) in [6, 6.07) is 13.8. The van der Waals surface area contributed by atoms with E-state index in [1.54, 1.807) is 16.7 Å². The number of hydrogen-bond donors (Lipinski definition) is 1. The number of para-hydroxylation sites is 2. The zero-order chi connectivity index (χ0) is 19.2. The Bertz CT molecular complexity index is 945. The van der Waals surface area contributed by atoms with E-state index in [4.69, 9.17) is 4.74 Å². The summed E-state index contributed by atoms with van der Waals surface area (Å²) in [6.07, 6.45) is 0. The summed E-state index contributed by atoms with van der Waals surface area (Å²) in [7, 11) is 1.81. The number of aryl methyl sites for hydroxylation is 1. The number of carbonyl (C=O) groups excluding carboxylic acids is 1. The molecule has 1 aromatic heterocycles. The predicted octanol–water partition coefficient (Wildman–Crippen LogP) is 3.57. The second-order valence-corrected chi connectivity index (χ2v) is 6.77. The van der Waals surface area contributed by atoms with E-state index in [-0.39, 0.29) is 24.0 Å². The summed E-state index contributed by atoms with van der Waals surface area (Å²) in [4.78, 5) is 12.0. The molecule has 8 heteroatoms. The number of anilines is 1. The molecule has 27 heavy (non-hydrogen) atoms. The van der Waals surface area contributed by atoms with Gasteiger partial charge in [-0.05, 0) is 30.7 Å². The highest BCUT2D eigenvalue weighted by atomic mass is 32.2. The third kappa shape index (κ3) is 4.85. The quantitative estimate of drug-likeness (QED) is 0.629. The fourth-order valence-corrected chi connectivity index (χ4v) is 3.07. The molecular formula is C19H19FN4O2S. The van der Waals surface area contributed by atoms with Gasteiger partial charge < -0.3 is 14.6 Å². The molecule has 1 N–H and O–H groups in total. The van der Waals surface area contributed by atoms with Crippen LogP contribution >= 0.6 is 11.8 Å². The Balaban J connectivity index is 1.55. The Morgan fingerprint density at radius 2 is 1.93 bits per heavy atom. The molecule has 0 aliphatic carbocycles. The molecule has 2 aromatic carbocycles. The van der Waals surface area contributed by atoms with Crippen molar-refractivity contribution in [3.63, 3.8) is 0 Å². The van der Waals surface area contributed by atoms with Crippen LogP contribution < -0.4 is 10.1 Å². The van der Waals surface area contributed by atoms with Gasteiger partial charge in [0.2, 0.25) is 5.91 Å². The maximum absolute atomic E-state index is 13.6. The first kappa shape index (κ1) is 18.9. The largest absolute Gasteiger partial charge is 0.485 e. The molecule has 0 saturated carbocycles. The molecule has 1 heterocycles. The number of carbonyl (C=O) groups is 1. The first-order chi connectivity index (χ1) is 13.0. The number of ether oxygens (including phenoxy) is 1. The Kier molecular flexibility index (Phi) is 6.08. The van der Waals surface area contributed by atoms with Crippen LogP contribution in [0.1, 0.15) is 11.4 Å². The van der Waals surface area contributed by atoms with Crippen LogP contribution in [0.4, 0.5) is 10.1 Å². The lowest BCUT2D eigenvalue weighted by Gasteiger charge is -2.09. The number of nitrogens with one attached hydrogen (secondary N) is 1. The molecule has 0 spiro atoms. The zero-order valence-corrected chi connectivity index (χ0v) is 15.8. The van der Waals surface area contributed by atoms with Gasteiger partial charge in [0.1, 0.15) is 18.2 Å². The third-order valence-corrected chi connectivity index (χ3v) is 4.88. The van der Waals surface area contributed by atoms with Gasteiger partial charge >= 0.3 is 0 Å². The lowest BCUT2D eigenvalue weighted by Crippen LogP contribution is -2.15. The summed E-state index contributed by atoms with van der Waals surface area (Å²) in [5.41, 5.74) is 1.20. The van der Waals surface area contributed by atoms with Crippen molar-refractivity contribution in [1.82, 2.24) is 14.8 Å². The molecule has 3 rings (SSSR count). The molecule has 0 saturated heterocycles. The molecule has 0 aliphatic rings. The first-order valence-electron chi connectivity index (χ1n) is 8.28. The van der Waals surface area contributed by atoms with Crippen molar-refractivity contribution in [2.45, 2.75) is 18.7 Å². The van der Waals surface area contributed by atoms with Crippen molar-refractivity contribution in [3.8, 4) is 5.75 Å². The Morgan fingerprint density at radius 3 is 2.70 bits per heavy atom. The number of aromatic nitrogens is 3. The number of amides is 1. The van der Waals surface area contributed by atoms with Crippen LogP contribution in [-0.4, -0.2) is 26.4 Å². The molecular weight excluding hydrogens is 367 g/mol. The predicted molar refractivity (Wildman–Crippen MR) is 102 cm³/mol. The number of halogens is 1. The highest BCUT2D eigenvalue weighted by Crippen LogP contribution is 2.20. The summed E-state index contributed by atoms with van der Waals surface area (Å²) >= 11 is 1.23. The molecule has 0 bridgehead atoms. The smallest absolute Gasteiger partial charge is 0.234 e. The van der Waals surface area contributed by atoms with Gasteiger partial charge in [0, 0.05) is 7.05 Å². The molecule has 0 unspecified atom stereocenters. The van der Waals surface area contributed by atoms with Crippen molar-refractivity contribution in [2.75, 3.05) is 11.1 Å². The van der Waals surface area contributed by atoms with E-state index < -0.39 is 5.82 Å². The van der Waals surface area contributed by atoms with E-state index in [9.17, 15) is 9.18 Å². The minimum atomic E-state index is -0.467. The minimum absolute atomic E-state index is 0.0962. The van der Waals surface area contributed by atoms with Crippen LogP contribution in [-0.2, 0) is 18.4 Å². The SMILES string of the molecule is Cc1ccccc1OCc1nnc(SCC(=O)Nc2ccccc2F)n1C. The summed E-state index contributed by atoms with van der Waals surface area (Å²) in [6.45, 7) is 2.25. The van der Waals surface area contributed by atoms with E-state index in [1.807, 2.05) is 38.2 Å². The average molecular weight is 386 g/mol. The highest BCUT2D eigenvalue weighted by molar-refractivity contribution is 7.99. The van der Waals surface area contributed by atoms with Crippen LogP contribution in [0, 0.1) is 12.7 Å². The van der Waals surface area contributed by atoms with Crippen molar-refractivity contribution in [1.29, 1.82) is 0 Å². The van der Waals surface area contributed by atoms with Crippen molar-refractivity contribution < 1.29 is 13.9 Å². The van der Waals surface area contributed by atoms with E-state index in [1.165, 1.54) is 23.9 Å². The van der Waals surface area contributed by atoms with Gasteiger partial charge in [-0.15, -0.1) is 10.2 Å². The summed E-state index contributed by atoms with van der Waals surface area (Å²) in [5, 5.41) is 11.3. The van der Waals surface area contributed by atoms with E-state index in [0.717, 1.165) is 11.3 Å². The fourth-order valence-electron chi connectivity index (χ4n) is 2.34. The number of benzene rings is 2. The Labute approximate surface area is 160 Å². The summed E-state index contributed by atoms with van der Waals surface area (Å²) < 4.78 is 21.1. The summed E-state index contributed by atoms with van der Waals surface area (Å²) in [5.74, 6) is 0.754. The molecule has 3 aromatic rings. The number of nitrogens with zero attached hydrogens (tertiary/aromatic N) is 3. The normalized spacial score (nSPS) is 10.6. The van der Waals surface area contributed by atoms with E-state index in [2.05, 4.69) is 15.5 Å². The standard InChI is InChI=1S/C19H19FN4O2S/c1-13-7-3-6-10-16(13)26-11-17-22-23-19(24(17)2)27-12-18(25)21-15-9-5-4-8-14(15)20/h3-10H,11-12H2,1-2H3,(H,21,25). The van der Waals surface area contributed by atoms with Gasteiger partial charge in [0.05, 0.1) is 11.4 Å². The molecule has 0 radical (unpaired) electrons. The average Bonchev–Trinajstić information content (AvgIpc) is 3.01. The molecule has 0 fully saturated rings. The fraction of sp³-hybridized carbons (Fsp3) is 0.211. The van der Waals surface area contributed by atoms with Gasteiger partial charge in [-0.3, -0.25) is 4.79 Å². The van der Waals surface area contributed by atoms with E-state index in [0.29, 0.717) is 11.0 Å². The highest BCUT2D eigenvalue weighted by Gasteiger charge is 2.13. The topological polar surface area (TPSA) is 69.0 Å². The zero-order valence-electron chi connectivity index (χ0n) is 15.0. The third-order valence-electron chi connectivity index (χ3n) is 3.86. The molecule has 1 amide bonds. The van der Waals surface area contributed by atoms with Gasteiger partial charge in [0.15, 0.2) is 11.0 Å². The Morgan fingerprint density at radius 1 is 1.19 bits per heavy atom. The lowest BCUT2D eigenvalue weighted by molar-refractivity contribution is -0.113. The van der Waals surface area contributed by atoms with Crippen LogP contribution in [0.15, 0.2) is 53.7 Å². The van der Waals surface area contributed by atoms with Crippen molar-refractivity contribution in [2.24, 2.45) is 7.05 Å². The van der Waals surface area contributed by atoms with Gasteiger partial charge in [0.25, 0.3) is 0 Å². The second kappa shape index (κ2) is 8.68. The molecule has 6 nitrogen and oxygen atoms in total. The van der Waals surface area contributed by atoms with Gasteiger partial charge in [-0.2, -0.15) is 0 Å². The Hall–Kier alpha value is -2.87.